The third kappa shape index (κ3) is 2.96. The van der Waals surface area contributed by atoms with Crippen molar-refractivity contribution < 1.29 is 0 Å². The van der Waals surface area contributed by atoms with Crippen LogP contribution in [0.3, 0.4) is 0 Å². The Bertz CT molecular complexity index is 1570. The molecule has 0 bridgehead atoms. The van der Waals surface area contributed by atoms with Gasteiger partial charge in [0.15, 0.2) is 28.5 Å². The summed E-state index contributed by atoms with van der Waals surface area (Å²) >= 11 is 0. The summed E-state index contributed by atoms with van der Waals surface area (Å²) in [6.45, 7) is 0. The second kappa shape index (κ2) is 7.47. The van der Waals surface area contributed by atoms with Crippen LogP contribution in [0.4, 0.5) is 5.69 Å². The molecule has 0 radical (unpaired) electrons. The summed E-state index contributed by atoms with van der Waals surface area (Å²) in [7, 11) is 0. The lowest BCUT2D eigenvalue weighted by Gasteiger charge is -2.08. The summed E-state index contributed by atoms with van der Waals surface area (Å²) < 4.78 is 0. The Morgan fingerprint density at radius 1 is 0.767 bits per heavy atom. The van der Waals surface area contributed by atoms with Crippen LogP contribution in [0.1, 0.15) is 22.6 Å². The summed E-state index contributed by atoms with van der Waals surface area (Å²) in [4.78, 5) is 16.3. The van der Waals surface area contributed by atoms with Crippen LogP contribution in [0.15, 0.2) is 17.1 Å². The number of pyridine rings is 1. The Kier molecular flexibility index (Phi) is 4.74. The van der Waals surface area contributed by atoms with E-state index < -0.39 is 11.4 Å². The highest BCUT2D eigenvalue weighted by molar-refractivity contribution is 6.52. The molecule has 2 aromatic heterocycles. The first kappa shape index (κ1) is 19.0. The minimum atomic E-state index is -0.691. The fraction of sp³-hybridized carbons (Fsp3) is 0. The smallest absolute Gasteiger partial charge is 0.177 e. The van der Waals surface area contributed by atoms with Gasteiger partial charge in [0.2, 0.25) is 0 Å². The molecule has 3 aromatic rings. The molecule has 30 heavy (non-hydrogen) atoms. The van der Waals surface area contributed by atoms with Gasteiger partial charge in [0.25, 0.3) is 0 Å². The second-order valence-corrected chi connectivity index (χ2v) is 5.47. The molecule has 0 fully saturated rings. The Hall–Kier alpha value is -5.75. The maximum absolute atomic E-state index is 9.31. The van der Waals surface area contributed by atoms with Gasteiger partial charge in [-0.1, -0.05) is 0 Å². The van der Waals surface area contributed by atoms with Crippen molar-refractivity contribution in [2.75, 3.05) is 0 Å². The number of hydrogen-bond acceptors (Lipinski definition) is 11. The van der Waals surface area contributed by atoms with Gasteiger partial charge >= 0.3 is 0 Å². The van der Waals surface area contributed by atoms with Gasteiger partial charge in [0.1, 0.15) is 36.4 Å². The van der Waals surface area contributed by atoms with Gasteiger partial charge in [0, 0.05) is 5.39 Å². The standard InChI is InChI=1S/C19H3N11/c20-3-9-1-10-18(29-14(9)5-22)12(27-15(6-23)11(26)4-21)2-13-19(10)30-17(8-25)16(7-24)28-13/h1-2,26H/b26-11?,27-15-. The van der Waals surface area contributed by atoms with Crippen molar-refractivity contribution in [1.82, 2.24) is 15.0 Å². The molecule has 11 heteroatoms. The first-order valence-electron chi connectivity index (χ1n) is 7.79. The van der Waals surface area contributed by atoms with Crippen LogP contribution in [-0.4, -0.2) is 26.4 Å². The predicted octanol–water partition coefficient (Wildman–Crippen LogP) is 1.80. The van der Waals surface area contributed by atoms with Crippen LogP contribution in [-0.2, 0) is 0 Å². The number of hydrogen-bond donors (Lipinski definition) is 1. The van der Waals surface area contributed by atoms with Gasteiger partial charge in [-0.3, -0.25) is 5.41 Å². The highest BCUT2D eigenvalue weighted by Crippen LogP contribution is 2.33. The summed E-state index contributed by atoms with van der Waals surface area (Å²) in [5.41, 5.74) is -1.72. The zero-order chi connectivity index (χ0) is 21.8. The molecule has 0 unspecified atom stereocenters. The number of benzene rings is 1. The van der Waals surface area contributed by atoms with E-state index in [1.165, 1.54) is 18.2 Å². The van der Waals surface area contributed by atoms with E-state index in [1.54, 1.807) is 24.3 Å². The summed E-state index contributed by atoms with van der Waals surface area (Å²) in [5, 5.41) is 62.9. The van der Waals surface area contributed by atoms with Crippen LogP contribution in [0.25, 0.3) is 21.9 Å². The van der Waals surface area contributed by atoms with Crippen molar-refractivity contribution >= 4 is 39.0 Å². The minimum absolute atomic E-state index is 0.0297. The molecule has 0 saturated carbocycles. The Balaban J connectivity index is 2.59. The van der Waals surface area contributed by atoms with Gasteiger partial charge in [-0.25, -0.2) is 19.9 Å². The van der Waals surface area contributed by atoms with Crippen LogP contribution in [0.5, 0.6) is 0 Å². The van der Waals surface area contributed by atoms with E-state index in [1.807, 2.05) is 6.07 Å². The number of rotatable bonds is 2. The van der Waals surface area contributed by atoms with Crippen LogP contribution in [0.2, 0.25) is 0 Å². The van der Waals surface area contributed by atoms with Crippen molar-refractivity contribution in [3.63, 3.8) is 0 Å². The van der Waals surface area contributed by atoms with E-state index in [9.17, 15) is 26.3 Å². The van der Waals surface area contributed by atoms with Crippen molar-refractivity contribution in [3.05, 3.63) is 34.8 Å². The lowest BCUT2D eigenvalue weighted by atomic mass is 10.1. The molecule has 0 amide bonds. The summed E-state index contributed by atoms with van der Waals surface area (Å²) in [6.07, 6.45) is 0. The summed E-state index contributed by atoms with van der Waals surface area (Å²) in [5.74, 6) is 0. The largest absolute Gasteiger partial charge is 0.288 e. The van der Waals surface area contributed by atoms with Crippen molar-refractivity contribution in [3.8, 4) is 36.4 Å². The number of fused-ring (bicyclic) bond motifs is 3. The Morgan fingerprint density at radius 3 is 1.97 bits per heavy atom. The van der Waals surface area contributed by atoms with Crippen molar-refractivity contribution in [1.29, 1.82) is 37.0 Å². The zero-order valence-corrected chi connectivity index (χ0v) is 14.6. The van der Waals surface area contributed by atoms with Crippen molar-refractivity contribution in [2.45, 2.75) is 0 Å². The first-order valence-corrected chi connectivity index (χ1v) is 7.79. The minimum Gasteiger partial charge on any atom is -0.288 e. The molecule has 0 spiro atoms. The molecule has 11 nitrogen and oxygen atoms in total. The Labute approximate surface area is 167 Å². The highest BCUT2D eigenvalue weighted by Gasteiger charge is 2.18. The molecule has 3 rings (SSSR count). The fourth-order valence-electron chi connectivity index (χ4n) is 2.56. The molecule has 1 N–H and O–H groups in total. The van der Waals surface area contributed by atoms with Gasteiger partial charge in [-0.15, -0.1) is 0 Å². The van der Waals surface area contributed by atoms with E-state index in [4.69, 9.17) is 10.7 Å². The zero-order valence-electron chi connectivity index (χ0n) is 14.6. The lowest BCUT2D eigenvalue weighted by molar-refractivity contribution is 1.20. The number of nitrogens with zero attached hydrogens (tertiary/aromatic N) is 10. The van der Waals surface area contributed by atoms with Crippen LogP contribution < -0.4 is 0 Å². The molecule has 0 aliphatic carbocycles. The monoisotopic (exact) mass is 385 g/mol. The first-order chi connectivity index (χ1) is 14.5. The molecule has 2 heterocycles. The number of aromatic nitrogens is 3. The maximum atomic E-state index is 9.31. The second-order valence-electron chi connectivity index (χ2n) is 5.47. The maximum Gasteiger partial charge on any atom is 0.177 e. The van der Waals surface area contributed by atoms with Gasteiger partial charge in [-0.2, -0.15) is 31.6 Å². The average molecular weight is 385 g/mol. The molecule has 134 valence electrons. The third-order valence-corrected chi connectivity index (χ3v) is 3.84. The van der Waals surface area contributed by atoms with Gasteiger partial charge < -0.3 is 0 Å². The third-order valence-electron chi connectivity index (χ3n) is 3.84. The highest BCUT2D eigenvalue weighted by atomic mass is 14.9. The van der Waals surface area contributed by atoms with E-state index in [0.29, 0.717) is 0 Å². The normalized spacial score (nSPS) is 10.1. The van der Waals surface area contributed by atoms with Crippen molar-refractivity contribution in [2.24, 2.45) is 4.99 Å². The van der Waals surface area contributed by atoms with E-state index in [-0.39, 0.29) is 50.3 Å². The van der Waals surface area contributed by atoms with Crippen LogP contribution >= 0.6 is 0 Å². The number of nitriles is 6. The molecule has 0 atom stereocenters. The molecular formula is C19H3N11. The van der Waals surface area contributed by atoms with Gasteiger partial charge in [0.05, 0.1) is 27.8 Å². The molecule has 0 aliphatic heterocycles. The van der Waals surface area contributed by atoms with Gasteiger partial charge in [-0.05, 0) is 12.1 Å². The van der Waals surface area contributed by atoms with E-state index in [2.05, 4.69) is 19.9 Å². The molecule has 1 aromatic carbocycles. The Morgan fingerprint density at radius 2 is 1.40 bits per heavy atom. The topological polar surface area (TPSA) is 218 Å². The van der Waals surface area contributed by atoms with E-state index in [0.717, 1.165) is 0 Å². The predicted molar refractivity (Wildman–Crippen MR) is 99.7 cm³/mol. The van der Waals surface area contributed by atoms with E-state index >= 15 is 0 Å². The summed E-state index contributed by atoms with van der Waals surface area (Å²) in [6, 6.07) is 12.9. The fourth-order valence-corrected chi connectivity index (χ4v) is 2.56. The van der Waals surface area contributed by atoms with Crippen LogP contribution in [0, 0.1) is 73.4 Å². The molecular weight excluding hydrogens is 382 g/mol. The SMILES string of the molecule is N#CC(=N)/C(C#N)=N\c1cc2nc(C#N)c(C#N)nc2c2cc(C#N)c(C#N)nc12. The molecule has 0 saturated heterocycles. The number of aliphatic imine (C=N–C) groups is 1. The number of nitrogens with one attached hydrogen (secondary N) is 1. The molecule has 0 aliphatic rings. The average Bonchev–Trinajstić information content (AvgIpc) is 2.79. The lowest BCUT2D eigenvalue weighted by Crippen LogP contribution is -2.07. The quantitative estimate of drug-likeness (QED) is 0.501.